The summed E-state index contributed by atoms with van der Waals surface area (Å²) in [7, 11) is 0. The summed E-state index contributed by atoms with van der Waals surface area (Å²) in [6.45, 7) is 6.63. The molecule has 0 aromatic heterocycles. The zero-order valence-corrected chi connectivity index (χ0v) is 7.98. The number of ether oxygens (including phenoxy) is 1. The van der Waals surface area contributed by atoms with Crippen molar-refractivity contribution in [3.8, 4) is 0 Å². The average molecular weight is 177 g/mol. The van der Waals surface area contributed by atoms with Gasteiger partial charge in [0.15, 0.2) is 0 Å². The molecule has 0 aliphatic heterocycles. The fourth-order valence-electron chi connectivity index (χ4n) is 0.538. The highest BCUT2D eigenvalue weighted by Gasteiger charge is 2.15. The molecule has 0 fully saturated rings. The van der Waals surface area contributed by atoms with Crippen molar-refractivity contribution in [2.24, 2.45) is 0 Å². The second-order valence-electron chi connectivity index (χ2n) is 3.66. The number of alkyl carbamates (subject to hydrolysis) is 1. The zero-order valence-electron chi connectivity index (χ0n) is 7.98. The summed E-state index contributed by atoms with van der Waals surface area (Å²) < 4.78 is 17.1. The summed E-state index contributed by atoms with van der Waals surface area (Å²) in [6, 6.07) is 0. The molecule has 1 atom stereocenters. The van der Waals surface area contributed by atoms with Gasteiger partial charge in [-0.25, -0.2) is 9.18 Å². The Bertz CT molecular complexity index is 152. The van der Waals surface area contributed by atoms with E-state index >= 15 is 0 Å². The van der Waals surface area contributed by atoms with Gasteiger partial charge in [-0.2, -0.15) is 0 Å². The van der Waals surface area contributed by atoms with Gasteiger partial charge >= 0.3 is 6.09 Å². The fraction of sp³-hybridized carbons (Fsp3) is 0.875. The maximum Gasteiger partial charge on any atom is 0.407 e. The van der Waals surface area contributed by atoms with Crippen LogP contribution in [0.2, 0.25) is 0 Å². The highest BCUT2D eigenvalue weighted by molar-refractivity contribution is 5.67. The van der Waals surface area contributed by atoms with E-state index in [-0.39, 0.29) is 6.54 Å². The van der Waals surface area contributed by atoms with Gasteiger partial charge in [-0.15, -0.1) is 0 Å². The van der Waals surface area contributed by atoms with E-state index in [1.165, 1.54) is 6.92 Å². The third-order valence-electron chi connectivity index (χ3n) is 0.927. The van der Waals surface area contributed by atoms with Crippen LogP contribution in [0.3, 0.4) is 0 Å². The Morgan fingerprint density at radius 1 is 1.58 bits per heavy atom. The molecule has 0 rings (SSSR count). The molecule has 0 heterocycles. The third kappa shape index (κ3) is 7.31. The van der Waals surface area contributed by atoms with Crippen LogP contribution >= 0.6 is 0 Å². The van der Waals surface area contributed by atoms with Crippen molar-refractivity contribution in [3.63, 3.8) is 0 Å². The third-order valence-corrected chi connectivity index (χ3v) is 0.927. The van der Waals surface area contributed by atoms with Crippen LogP contribution in [0.25, 0.3) is 0 Å². The quantitative estimate of drug-likeness (QED) is 0.699. The van der Waals surface area contributed by atoms with Crippen LogP contribution < -0.4 is 5.32 Å². The molecule has 0 aromatic carbocycles. The van der Waals surface area contributed by atoms with E-state index in [0.29, 0.717) is 0 Å². The van der Waals surface area contributed by atoms with Crippen LogP contribution in [0.4, 0.5) is 9.18 Å². The minimum absolute atomic E-state index is 0.00505. The molecule has 1 amide bonds. The monoisotopic (exact) mass is 177 g/mol. The molecule has 0 aliphatic carbocycles. The number of halogens is 1. The fourth-order valence-corrected chi connectivity index (χ4v) is 0.538. The summed E-state index contributed by atoms with van der Waals surface area (Å²) in [4.78, 5) is 10.9. The smallest absolute Gasteiger partial charge is 0.407 e. The Hall–Kier alpha value is -0.800. The largest absolute Gasteiger partial charge is 0.444 e. The lowest BCUT2D eigenvalue weighted by Gasteiger charge is -2.19. The predicted molar refractivity (Wildman–Crippen MR) is 44.8 cm³/mol. The molecule has 12 heavy (non-hydrogen) atoms. The Kier molecular flexibility index (Phi) is 4.00. The number of carbonyl (C=O) groups is 1. The lowest BCUT2D eigenvalue weighted by atomic mass is 10.2. The SMILES string of the molecule is CC(F)CNC(=O)OC(C)(C)C. The van der Waals surface area contributed by atoms with Crippen molar-refractivity contribution in [3.05, 3.63) is 0 Å². The van der Waals surface area contributed by atoms with Gasteiger partial charge in [-0.3, -0.25) is 0 Å². The number of alkyl halides is 1. The first kappa shape index (κ1) is 11.2. The number of carbonyl (C=O) groups excluding carboxylic acids is 1. The molecule has 0 saturated heterocycles. The maximum absolute atomic E-state index is 12.2. The molecular weight excluding hydrogens is 161 g/mol. The molecule has 0 spiro atoms. The van der Waals surface area contributed by atoms with Crippen LogP contribution in [0, 0.1) is 0 Å². The molecule has 3 nitrogen and oxygen atoms in total. The molecule has 0 radical (unpaired) electrons. The Balaban J connectivity index is 3.61. The first-order chi connectivity index (χ1) is 5.31. The molecule has 0 bridgehead atoms. The van der Waals surface area contributed by atoms with E-state index in [1.807, 2.05) is 0 Å². The summed E-state index contributed by atoms with van der Waals surface area (Å²) in [5.41, 5.74) is -0.524. The molecule has 0 aliphatic rings. The van der Waals surface area contributed by atoms with Crippen molar-refractivity contribution in [2.45, 2.75) is 39.5 Å². The topological polar surface area (TPSA) is 38.3 Å². The van der Waals surface area contributed by atoms with Crippen LogP contribution in [0.15, 0.2) is 0 Å². The summed E-state index contributed by atoms with van der Waals surface area (Å²) in [6.07, 6.45) is -1.62. The van der Waals surface area contributed by atoms with E-state index < -0.39 is 17.9 Å². The molecule has 0 saturated carbocycles. The Morgan fingerprint density at radius 3 is 2.42 bits per heavy atom. The minimum atomic E-state index is -1.04. The van der Waals surface area contributed by atoms with Crippen molar-refractivity contribution in [1.29, 1.82) is 0 Å². The van der Waals surface area contributed by atoms with Crippen LogP contribution in [-0.4, -0.2) is 24.4 Å². The molecule has 0 aromatic rings. The van der Waals surface area contributed by atoms with Gasteiger partial charge < -0.3 is 10.1 Å². The van der Waals surface area contributed by atoms with Crippen LogP contribution in [-0.2, 0) is 4.74 Å². The van der Waals surface area contributed by atoms with Crippen LogP contribution in [0.5, 0.6) is 0 Å². The van der Waals surface area contributed by atoms with Gasteiger partial charge in [0, 0.05) is 0 Å². The molecule has 1 N–H and O–H groups in total. The highest BCUT2D eigenvalue weighted by Crippen LogP contribution is 2.06. The van der Waals surface area contributed by atoms with E-state index in [4.69, 9.17) is 4.74 Å². The average Bonchev–Trinajstić information content (AvgIpc) is 1.79. The van der Waals surface area contributed by atoms with Gasteiger partial charge in [-0.1, -0.05) is 0 Å². The Morgan fingerprint density at radius 2 is 2.08 bits per heavy atom. The number of rotatable bonds is 2. The van der Waals surface area contributed by atoms with Crippen molar-refractivity contribution in [2.75, 3.05) is 6.54 Å². The number of hydrogen-bond acceptors (Lipinski definition) is 2. The first-order valence-electron chi connectivity index (χ1n) is 3.92. The van der Waals surface area contributed by atoms with E-state index in [1.54, 1.807) is 20.8 Å². The second-order valence-corrected chi connectivity index (χ2v) is 3.66. The lowest BCUT2D eigenvalue weighted by Crippen LogP contribution is -2.35. The summed E-state index contributed by atoms with van der Waals surface area (Å²) in [5.74, 6) is 0. The number of hydrogen-bond donors (Lipinski definition) is 1. The van der Waals surface area contributed by atoms with Crippen molar-refractivity contribution < 1.29 is 13.9 Å². The first-order valence-corrected chi connectivity index (χ1v) is 3.92. The summed E-state index contributed by atoms with van der Waals surface area (Å²) in [5, 5.41) is 2.30. The van der Waals surface area contributed by atoms with Gasteiger partial charge in [0.05, 0.1) is 6.54 Å². The summed E-state index contributed by atoms with van der Waals surface area (Å²) >= 11 is 0. The molecular formula is C8H16FNO2. The standard InChI is InChI=1S/C8H16FNO2/c1-6(9)5-10-7(11)12-8(2,3)4/h6H,5H2,1-4H3,(H,10,11). The second kappa shape index (κ2) is 4.28. The van der Waals surface area contributed by atoms with Crippen LogP contribution in [0.1, 0.15) is 27.7 Å². The van der Waals surface area contributed by atoms with Crippen molar-refractivity contribution in [1.82, 2.24) is 5.32 Å². The van der Waals surface area contributed by atoms with E-state index in [9.17, 15) is 9.18 Å². The van der Waals surface area contributed by atoms with Gasteiger partial charge in [0.2, 0.25) is 0 Å². The molecule has 4 heteroatoms. The van der Waals surface area contributed by atoms with Gasteiger partial charge in [-0.05, 0) is 27.7 Å². The molecule has 72 valence electrons. The molecule has 1 unspecified atom stereocenters. The number of nitrogens with one attached hydrogen (secondary N) is 1. The number of amides is 1. The predicted octanol–water partition coefficient (Wildman–Crippen LogP) is 1.87. The highest BCUT2D eigenvalue weighted by atomic mass is 19.1. The normalized spacial score (nSPS) is 13.8. The van der Waals surface area contributed by atoms with Crippen molar-refractivity contribution >= 4 is 6.09 Å². The van der Waals surface area contributed by atoms with E-state index in [0.717, 1.165) is 0 Å². The zero-order chi connectivity index (χ0) is 9.78. The minimum Gasteiger partial charge on any atom is -0.444 e. The maximum atomic E-state index is 12.2. The lowest BCUT2D eigenvalue weighted by molar-refractivity contribution is 0.0515. The van der Waals surface area contributed by atoms with E-state index in [2.05, 4.69) is 5.32 Å². The Labute approximate surface area is 72.3 Å². The van der Waals surface area contributed by atoms with Gasteiger partial charge in [0.25, 0.3) is 0 Å². The van der Waals surface area contributed by atoms with Gasteiger partial charge in [0.1, 0.15) is 11.8 Å².